The van der Waals surface area contributed by atoms with Gasteiger partial charge in [0.05, 0.1) is 12.1 Å². The van der Waals surface area contributed by atoms with Crippen molar-refractivity contribution >= 4 is 34.8 Å². The molecule has 0 amide bonds. The predicted octanol–water partition coefficient (Wildman–Crippen LogP) is 3.06. The maximum Gasteiger partial charge on any atom is 0.288 e. The van der Waals surface area contributed by atoms with Gasteiger partial charge < -0.3 is 15.7 Å². The van der Waals surface area contributed by atoms with Crippen molar-refractivity contribution in [1.82, 2.24) is 5.32 Å². The largest absolute Gasteiger partial charge is 0.394 e. The van der Waals surface area contributed by atoms with E-state index in [1.165, 1.54) is 0 Å². The van der Waals surface area contributed by atoms with Gasteiger partial charge in [0.25, 0.3) is 5.76 Å². The second kappa shape index (κ2) is 7.02. The maximum absolute atomic E-state index is 12.1. The zero-order valence-electron chi connectivity index (χ0n) is 10.6. The normalized spacial score (nSPS) is 11.5. The molecule has 0 saturated heterocycles. The Labute approximate surface area is 120 Å². The van der Waals surface area contributed by atoms with E-state index in [2.05, 4.69) is 10.6 Å². The molecule has 3 nitrogen and oxygen atoms in total. The van der Waals surface area contributed by atoms with Crippen molar-refractivity contribution < 1.29 is 13.9 Å². The molecule has 0 aliphatic heterocycles. The number of hydrogen-bond donors (Lipinski definition) is 3. The third-order valence-electron chi connectivity index (χ3n) is 2.18. The molecule has 0 unspecified atom stereocenters. The summed E-state index contributed by atoms with van der Waals surface area (Å²) in [7, 11) is 0. The van der Waals surface area contributed by atoms with Crippen molar-refractivity contribution in [1.29, 1.82) is 0 Å². The Morgan fingerprint density at radius 2 is 1.95 bits per heavy atom. The summed E-state index contributed by atoms with van der Waals surface area (Å²) in [6, 6.07) is 6.53. The van der Waals surface area contributed by atoms with Gasteiger partial charge in [0.1, 0.15) is 0 Å². The van der Waals surface area contributed by atoms with Crippen molar-refractivity contribution in [2.24, 2.45) is 0 Å². The van der Waals surface area contributed by atoms with Crippen LogP contribution in [0.2, 0.25) is 0 Å². The van der Waals surface area contributed by atoms with E-state index < -0.39 is 11.3 Å². The van der Waals surface area contributed by atoms with Gasteiger partial charge in [-0.1, -0.05) is 11.8 Å². The highest BCUT2D eigenvalue weighted by Crippen LogP contribution is 2.26. The van der Waals surface area contributed by atoms with E-state index in [9.17, 15) is 8.78 Å². The van der Waals surface area contributed by atoms with E-state index in [1.807, 2.05) is 13.8 Å². The molecule has 19 heavy (non-hydrogen) atoms. The van der Waals surface area contributed by atoms with Gasteiger partial charge >= 0.3 is 0 Å². The lowest BCUT2D eigenvalue weighted by atomic mass is 10.1. The van der Waals surface area contributed by atoms with Gasteiger partial charge in [-0.25, -0.2) is 0 Å². The van der Waals surface area contributed by atoms with E-state index >= 15 is 0 Å². The highest BCUT2D eigenvalue weighted by Gasteiger charge is 2.16. The highest BCUT2D eigenvalue weighted by atomic mass is 32.2. The first-order valence-corrected chi connectivity index (χ1v) is 6.86. The smallest absolute Gasteiger partial charge is 0.288 e. The van der Waals surface area contributed by atoms with Crippen LogP contribution in [0.5, 0.6) is 0 Å². The molecular formula is C12H16F2N2OS2. The number of alkyl halides is 2. The van der Waals surface area contributed by atoms with Crippen LogP contribution in [0.15, 0.2) is 29.2 Å². The number of aliphatic hydroxyl groups excluding tert-OH is 1. The summed E-state index contributed by atoms with van der Waals surface area (Å²) in [5.74, 6) is -2.42. The Morgan fingerprint density at radius 1 is 1.37 bits per heavy atom. The molecule has 0 aliphatic carbocycles. The Hall–Kier alpha value is -0.920. The number of thiocarbonyl (C=S) groups is 1. The molecule has 0 aromatic heterocycles. The van der Waals surface area contributed by atoms with Gasteiger partial charge in [0.15, 0.2) is 5.11 Å². The summed E-state index contributed by atoms with van der Waals surface area (Å²) < 4.78 is 24.3. The summed E-state index contributed by atoms with van der Waals surface area (Å²) in [6.45, 7) is 3.56. The minimum atomic E-state index is -2.42. The molecule has 0 aliphatic rings. The molecule has 0 saturated carbocycles. The van der Waals surface area contributed by atoms with E-state index in [-0.39, 0.29) is 6.61 Å². The van der Waals surface area contributed by atoms with Gasteiger partial charge in [0, 0.05) is 10.6 Å². The van der Waals surface area contributed by atoms with Gasteiger partial charge in [-0.05, 0) is 50.3 Å². The average Bonchev–Trinajstić information content (AvgIpc) is 2.30. The van der Waals surface area contributed by atoms with Crippen molar-refractivity contribution in [3.05, 3.63) is 24.3 Å². The van der Waals surface area contributed by atoms with Gasteiger partial charge in [-0.2, -0.15) is 8.78 Å². The van der Waals surface area contributed by atoms with Crippen molar-refractivity contribution in [3.63, 3.8) is 0 Å². The second-order valence-corrected chi connectivity index (χ2v) is 6.00. The SMILES string of the molecule is CC(C)(CO)NC(=S)Nc1ccc(SC(F)F)cc1. The molecule has 106 valence electrons. The van der Waals surface area contributed by atoms with Crippen LogP contribution < -0.4 is 10.6 Å². The summed E-state index contributed by atoms with van der Waals surface area (Å²) in [6.07, 6.45) is 0. The standard InChI is InChI=1S/C12H16F2N2OS2/c1-12(2,7-17)16-11(18)15-8-3-5-9(6-4-8)19-10(13)14/h3-6,10,17H,7H2,1-2H3,(H2,15,16,18). The maximum atomic E-state index is 12.1. The first-order chi connectivity index (χ1) is 8.82. The van der Waals surface area contributed by atoms with Crippen LogP contribution in [-0.4, -0.2) is 28.1 Å². The molecule has 0 spiro atoms. The van der Waals surface area contributed by atoms with Crippen LogP contribution in [-0.2, 0) is 0 Å². The quantitative estimate of drug-likeness (QED) is 0.576. The fourth-order valence-corrected chi connectivity index (χ4v) is 2.12. The summed E-state index contributed by atoms with van der Waals surface area (Å²) in [5.41, 5.74) is 0.181. The van der Waals surface area contributed by atoms with E-state index in [0.717, 1.165) is 0 Å². The molecule has 7 heteroatoms. The lowest BCUT2D eigenvalue weighted by Crippen LogP contribution is -2.47. The lowest BCUT2D eigenvalue weighted by molar-refractivity contribution is 0.207. The molecule has 0 bridgehead atoms. The van der Waals surface area contributed by atoms with Crippen molar-refractivity contribution in [2.75, 3.05) is 11.9 Å². The number of nitrogens with one attached hydrogen (secondary N) is 2. The molecule has 1 aromatic carbocycles. The van der Waals surface area contributed by atoms with Crippen molar-refractivity contribution in [3.8, 4) is 0 Å². The third-order valence-corrected chi connectivity index (χ3v) is 3.11. The van der Waals surface area contributed by atoms with E-state index in [0.29, 0.717) is 27.5 Å². The summed E-state index contributed by atoms with van der Waals surface area (Å²) >= 11 is 5.59. The predicted molar refractivity (Wildman–Crippen MR) is 78.8 cm³/mol. The van der Waals surface area contributed by atoms with Crippen LogP contribution in [0.4, 0.5) is 14.5 Å². The minimum absolute atomic E-state index is 0.0568. The topological polar surface area (TPSA) is 44.3 Å². The van der Waals surface area contributed by atoms with E-state index in [1.54, 1.807) is 24.3 Å². The molecular weight excluding hydrogens is 290 g/mol. The number of aliphatic hydroxyl groups is 1. The number of benzene rings is 1. The van der Waals surface area contributed by atoms with Crippen LogP contribution in [0.3, 0.4) is 0 Å². The fraction of sp³-hybridized carbons (Fsp3) is 0.417. The number of thioether (sulfide) groups is 1. The summed E-state index contributed by atoms with van der Waals surface area (Å²) in [4.78, 5) is 0.495. The Bertz CT molecular complexity index is 424. The highest BCUT2D eigenvalue weighted by molar-refractivity contribution is 7.99. The molecule has 1 aromatic rings. The zero-order valence-corrected chi connectivity index (χ0v) is 12.2. The molecule has 1 rings (SSSR count). The van der Waals surface area contributed by atoms with Gasteiger partial charge in [-0.15, -0.1) is 0 Å². The Kier molecular flexibility index (Phi) is 5.96. The zero-order chi connectivity index (χ0) is 14.5. The monoisotopic (exact) mass is 306 g/mol. The van der Waals surface area contributed by atoms with Crippen LogP contribution in [0, 0.1) is 0 Å². The first kappa shape index (κ1) is 16.1. The fourth-order valence-electron chi connectivity index (χ4n) is 1.23. The lowest BCUT2D eigenvalue weighted by Gasteiger charge is -2.25. The average molecular weight is 306 g/mol. The second-order valence-electron chi connectivity index (χ2n) is 4.52. The number of anilines is 1. The number of hydrogen-bond acceptors (Lipinski definition) is 3. The van der Waals surface area contributed by atoms with Gasteiger partial charge in [-0.3, -0.25) is 0 Å². The molecule has 0 fully saturated rings. The molecule has 0 heterocycles. The van der Waals surface area contributed by atoms with Crippen LogP contribution >= 0.6 is 24.0 Å². The number of halogens is 2. The Morgan fingerprint density at radius 3 is 2.42 bits per heavy atom. The molecule has 0 atom stereocenters. The van der Waals surface area contributed by atoms with Crippen molar-refractivity contribution in [2.45, 2.75) is 30.0 Å². The minimum Gasteiger partial charge on any atom is -0.394 e. The molecule has 0 radical (unpaired) electrons. The third kappa shape index (κ3) is 6.17. The first-order valence-electron chi connectivity index (χ1n) is 5.57. The van der Waals surface area contributed by atoms with E-state index in [4.69, 9.17) is 17.3 Å². The van der Waals surface area contributed by atoms with Crippen LogP contribution in [0.1, 0.15) is 13.8 Å². The molecule has 3 N–H and O–H groups in total. The van der Waals surface area contributed by atoms with Crippen LogP contribution in [0.25, 0.3) is 0 Å². The van der Waals surface area contributed by atoms with Gasteiger partial charge in [0.2, 0.25) is 0 Å². The Balaban J connectivity index is 2.56. The number of rotatable bonds is 5. The summed E-state index contributed by atoms with van der Waals surface area (Å²) in [5, 5.41) is 15.3.